The van der Waals surface area contributed by atoms with Gasteiger partial charge in [-0.15, -0.1) is 0 Å². The number of ether oxygens (including phenoxy) is 2. The molecule has 0 aliphatic carbocycles. The maximum atomic E-state index is 12.0. The van der Waals surface area contributed by atoms with Crippen molar-refractivity contribution >= 4 is 12.1 Å². The van der Waals surface area contributed by atoms with Crippen molar-refractivity contribution in [1.82, 2.24) is 9.80 Å². The minimum absolute atomic E-state index is 0.0815. The van der Waals surface area contributed by atoms with Crippen LogP contribution in [0.3, 0.4) is 0 Å². The fourth-order valence-electron chi connectivity index (χ4n) is 1.90. The van der Waals surface area contributed by atoms with Crippen LogP contribution in [-0.2, 0) is 14.3 Å². The highest BCUT2D eigenvalue weighted by Gasteiger charge is 2.30. The lowest BCUT2D eigenvalue weighted by molar-refractivity contribution is -0.153. The van der Waals surface area contributed by atoms with E-state index in [1.54, 1.807) is 34.7 Å². The quantitative estimate of drug-likeness (QED) is 0.736. The zero-order valence-electron chi connectivity index (χ0n) is 13.3. The summed E-state index contributed by atoms with van der Waals surface area (Å²) >= 11 is 0. The third-order valence-corrected chi connectivity index (χ3v) is 3.23. The molecule has 0 aromatic rings. The first-order valence-electron chi connectivity index (χ1n) is 6.95. The molecule has 6 nitrogen and oxygen atoms in total. The van der Waals surface area contributed by atoms with Crippen LogP contribution in [0.15, 0.2) is 0 Å². The fraction of sp³-hybridized carbons (Fsp3) is 0.857. The molecule has 1 aliphatic rings. The molecule has 0 unspecified atom stereocenters. The Hall–Kier alpha value is -1.30. The van der Waals surface area contributed by atoms with Gasteiger partial charge in [0.2, 0.25) is 0 Å². The van der Waals surface area contributed by atoms with Gasteiger partial charge >= 0.3 is 12.1 Å². The molecule has 1 heterocycles. The van der Waals surface area contributed by atoms with Gasteiger partial charge in [-0.1, -0.05) is 0 Å². The molecule has 0 bridgehead atoms. The van der Waals surface area contributed by atoms with Crippen LogP contribution in [0.1, 0.15) is 34.1 Å². The minimum atomic E-state index is -0.657. The van der Waals surface area contributed by atoms with Crippen molar-refractivity contribution in [2.45, 2.75) is 51.9 Å². The average molecular weight is 286 g/mol. The van der Waals surface area contributed by atoms with E-state index in [4.69, 9.17) is 9.47 Å². The van der Waals surface area contributed by atoms with E-state index in [9.17, 15) is 9.59 Å². The second-order valence-corrected chi connectivity index (χ2v) is 6.38. The van der Waals surface area contributed by atoms with Gasteiger partial charge in [0.05, 0.1) is 0 Å². The van der Waals surface area contributed by atoms with Crippen LogP contribution in [0, 0.1) is 0 Å². The number of hydrogen-bond acceptors (Lipinski definition) is 5. The third kappa shape index (κ3) is 5.00. The lowest BCUT2D eigenvalue weighted by Gasteiger charge is -2.28. The van der Waals surface area contributed by atoms with Crippen molar-refractivity contribution in [1.29, 1.82) is 0 Å². The van der Waals surface area contributed by atoms with E-state index in [1.807, 2.05) is 7.05 Å². The Bertz CT molecular complexity index is 365. The molecule has 0 aromatic heterocycles. The first kappa shape index (κ1) is 16.8. The molecule has 20 heavy (non-hydrogen) atoms. The average Bonchev–Trinajstić information content (AvgIpc) is 2.70. The number of likely N-dealkylation sites (N-methyl/N-ethyl adjacent to an activating group) is 2. The number of amides is 1. The second kappa shape index (κ2) is 6.43. The summed E-state index contributed by atoms with van der Waals surface area (Å²) < 4.78 is 10.6. The van der Waals surface area contributed by atoms with E-state index >= 15 is 0 Å². The number of hydrogen-bond donors (Lipinski definition) is 0. The summed E-state index contributed by atoms with van der Waals surface area (Å²) in [6, 6.07) is -0.657. The third-order valence-electron chi connectivity index (χ3n) is 3.23. The largest absolute Gasteiger partial charge is 0.459 e. The van der Waals surface area contributed by atoms with Crippen LogP contribution < -0.4 is 0 Å². The smallest absolute Gasteiger partial charge is 0.410 e. The number of likely N-dealkylation sites (tertiary alicyclic amines) is 1. The molecule has 6 heteroatoms. The SMILES string of the molecule is C[C@@H](C(=O)O[C@H]1CCN(C)C1)N(C)C(=O)OC(C)(C)C. The van der Waals surface area contributed by atoms with Crippen molar-refractivity contribution < 1.29 is 19.1 Å². The lowest BCUT2D eigenvalue weighted by Crippen LogP contribution is -2.44. The van der Waals surface area contributed by atoms with Crippen LogP contribution in [0.5, 0.6) is 0 Å². The summed E-state index contributed by atoms with van der Waals surface area (Å²) in [5, 5.41) is 0. The summed E-state index contributed by atoms with van der Waals surface area (Å²) in [6.07, 6.45) is 0.234. The van der Waals surface area contributed by atoms with Crippen LogP contribution in [0.4, 0.5) is 4.79 Å². The maximum absolute atomic E-state index is 12.0. The predicted molar refractivity (Wildman–Crippen MR) is 75.5 cm³/mol. The summed E-state index contributed by atoms with van der Waals surface area (Å²) in [4.78, 5) is 27.3. The van der Waals surface area contributed by atoms with E-state index in [2.05, 4.69) is 4.90 Å². The monoisotopic (exact) mass is 286 g/mol. The highest BCUT2D eigenvalue weighted by molar-refractivity contribution is 5.81. The van der Waals surface area contributed by atoms with Crippen molar-refractivity contribution in [3.05, 3.63) is 0 Å². The Balaban J connectivity index is 2.49. The highest BCUT2D eigenvalue weighted by Crippen LogP contribution is 2.14. The van der Waals surface area contributed by atoms with E-state index in [0.717, 1.165) is 19.5 Å². The molecule has 0 spiro atoms. The van der Waals surface area contributed by atoms with Gasteiger partial charge in [0, 0.05) is 20.1 Å². The molecule has 1 rings (SSSR count). The van der Waals surface area contributed by atoms with E-state index in [-0.39, 0.29) is 6.10 Å². The predicted octanol–water partition coefficient (Wildman–Crippen LogP) is 1.49. The Morgan fingerprint density at radius 2 is 1.95 bits per heavy atom. The molecule has 1 aliphatic heterocycles. The summed E-state index contributed by atoms with van der Waals surface area (Å²) in [7, 11) is 3.53. The van der Waals surface area contributed by atoms with Gasteiger partial charge in [-0.3, -0.25) is 4.90 Å². The molecular formula is C14H26N2O4. The van der Waals surface area contributed by atoms with Crippen LogP contribution in [-0.4, -0.2) is 66.8 Å². The molecule has 1 saturated heterocycles. The highest BCUT2D eigenvalue weighted by atomic mass is 16.6. The first-order valence-corrected chi connectivity index (χ1v) is 6.95. The van der Waals surface area contributed by atoms with Crippen LogP contribution >= 0.6 is 0 Å². The van der Waals surface area contributed by atoms with Crippen LogP contribution in [0.2, 0.25) is 0 Å². The molecule has 0 aromatic carbocycles. The summed E-state index contributed by atoms with van der Waals surface area (Å²) in [6.45, 7) is 8.68. The minimum Gasteiger partial charge on any atom is -0.459 e. The molecule has 116 valence electrons. The number of carbonyl (C=O) groups excluding carboxylic acids is 2. The van der Waals surface area contributed by atoms with Gasteiger partial charge in [0.15, 0.2) is 0 Å². The van der Waals surface area contributed by atoms with Gasteiger partial charge in [-0.25, -0.2) is 9.59 Å². The van der Waals surface area contributed by atoms with Gasteiger partial charge in [0.25, 0.3) is 0 Å². The zero-order valence-corrected chi connectivity index (χ0v) is 13.3. The Morgan fingerprint density at radius 3 is 2.40 bits per heavy atom. The number of rotatable bonds is 3. The molecule has 0 saturated carbocycles. The maximum Gasteiger partial charge on any atom is 0.410 e. The fourth-order valence-corrected chi connectivity index (χ4v) is 1.90. The van der Waals surface area contributed by atoms with E-state index in [1.165, 1.54) is 4.90 Å². The van der Waals surface area contributed by atoms with Crippen molar-refractivity contribution in [2.24, 2.45) is 0 Å². The molecule has 0 radical (unpaired) electrons. The van der Waals surface area contributed by atoms with Gasteiger partial charge < -0.3 is 14.4 Å². The standard InChI is InChI=1S/C14H26N2O4/c1-10(16(6)13(18)20-14(2,3)4)12(17)19-11-7-8-15(5)9-11/h10-11H,7-9H2,1-6H3/t10-,11-/m0/s1. The Kier molecular flexibility index (Phi) is 5.39. The molecule has 2 atom stereocenters. The molecular weight excluding hydrogens is 260 g/mol. The van der Waals surface area contributed by atoms with Crippen LogP contribution in [0.25, 0.3) is 0 Å². The normalized spacial score (nSPS) is 21.4. The van der Waals surface area contributed by atoms with Crippen molar-refractivity contribution in [2.75, 3.05) is 27.2 Å². The zero-order chi connectivity index (χ0) is 15.5. The Labute approximate surface area is 121 Å². The van der Waals surface area contributed by atoms with Gasteiger partial charge in [-0.2, -0.15) is 0 Å². The van der Waals surface area contributed by atoms with Crippen molar-refractivity contribution in [3.8, 4) is 0 Å². The number of esters is 1. The lowest BCUT2D eigenvalue weighted by atomic mass is 10.2. The van der Waals surface area contributed by atoms with E-state index < -0.39 is 23.7 Å². The molecule has 0 N–H and O–H groups in total. The topological polar surface area (TPSA) is 59.1 Å². The van der Waals surface area contributed by atoms with Gasteiger partial charge in [-0.05, 0) is 41.2 Å². The first-order chi connectivity index (χ1) is 9.10. The van der Waals surface area contributed by atoms with Gasteiger partial charge in [0.1, 0.15) is 17.7 Å². The number of carbonyl (C=O) groups is 2. The molecule has 1 amide bonds. The molecule has 1 fully saturated rings. The van der Waals surface area contributed by atoms with E-state index in [0.29, 0.717) is 0 Å². The van der Waals surface area contributed by atoms with Crippen molar-refractivity contribution in [3.63, 3.8) is 0 Å². The summed E-state index contributed by atoms with van der Waals surface area (Å²) in [5.41, 5.74) is -0.580. The number of nitrogens with zero attached hydrogens (tertiary/aromatic N) is 2. The Morgan fingerprint density at radius 1 is 1.35 bits per heavy atom. The summed E-state index contributed by atoms with van der Waals surface area (Å²) in [5.74, 6) is -0.390. The second-order valence-electron chi connectivity index (χ2n) is 6.38.